The molecule has 0 spiro atoms. The van der Waals surface area contributed by atoms with Crippen LogP contribution in [-0.2, 0) is 0 Å². The van der Waals surface area contributed by atoms with Crippen LogP contribution >= 0.6 is 11.6 Å². The number of hydrogen-bond donors (Lipinski definition) is 9. The highest BCUT2D eigenvalue weighted by Crippen LogP contribution is 2.36. The number of hydrogen-bond acceptors (Lipinski definition) is 27. The summed E-state index contributed by atoms with van der Waals surface area (Å²) in [4.78, 5) is 63.5. The van der Waals surface area contributed by atoms with Gasteiger partial charge in [-0.05, 0) is 188 Å². The first kappa shape index (κ1) is 80.5. The second-order valence-corrected chi connectivity index (χ2v) is 31.0. The van der Waals surface area contributed by atoms with E-state index >= 15 is 0 Å². The summed E-state index contributed by atoms with van der Waals surface area (Å²) in [5.41, 5.74) is 10.2. The SMILES string of the molecule is COc1cc(Nc2nc(NCCNc3c4ccc(Cl)cc4nc4ccc(OC)cc34)nc(N3CCCCC3)n2)cc(OC)c1.Cc1ccc2c(NCCCCNc3nc(NC4CCCCC4)nc(N4CCCCC4)n3)ccnc2c1.Cc1ccc2c(NCCCNc3nc(NC4CCCCC4)nc(N4CCCCC4)n3)ccnc2c1. The molecule has 5 aromatic carbocycles. The number of unbranched alkanes of at least 4 members (excludes halogenated alkanes) is 1. The van der Waals surface area contributed by atoms with Crippen molar-refractivity contribution < 1.29 is 14.2 Å². The van der Waals surface area contributed by atoms with E-state index < -0.39 is 0 Å². The summed E-state index contributed by atoms with van der Waals surface area (Å²) >= 11 is 6.30. The van der Waals surface area contributed by atoms with Gasteiger partial charge in [-0.25, -0.2) is 4.98 Å². The van der Waals surface area contributed by atoms with Crippen LogP contribution in [0.5, 0.6) is 17.2 Å². The molecule has 9 heterocycles. The number of aryl methyl sites for hydroxylation is 2. The van der Waals surface area contributed by atoms with Crippen molar-refractivity contribution >= 4 is 131 Å². The third-order valence-electron chi connectivity index (χ3n) is 21.9. The van der Waals surface area contributed by atoms with Crippen LogP contribution in [0.1, 0.15) is 152 Å². The van der Waals surface area contributed by atoms with E-state index in [4.69, 9.17) is 70.7 Å². The summed E-state index contributed by atoms with van der Waals surface area (Å²) in [6.07, 6.45) is 30.2. The monoisotopic (exact) mass is 1580 g/mol. The minimum atomic E-state index is 0.432. The van der Waals surface area contributed by atoms with Gasteiger partial charge in [-0.15, -0.1) is 0 Å². The van der Waals surface area contributed by atoms with E-state index in [0.717, 1.165) is 182 Å². The van der Waals surface area contributed by atoms with Gasteiger partial charge >= 0.3 is 0 Å². The Balaban J connectivity index is 0.000000144. The molecule has 5 fully saturated rings. The number of halogens is 1. The average molecular weight is 1580 g/mol. The van der Waals surface area contributed by atoms with E-state index in [1.807, 2.05) is 73.1 Å². The molecule has 0 amide bonds. The van der Waals surface area contributed by atoms with E-state index in [2.05, 4.69) is 134 Å². The number of ether oxygens (including phenoxy) is 3. The van der Waals surface area contributed by atoms with Crippen molar-refractivity contribution in [3.63, 3.8) is 0 Å². The van der Waals surface area contributed by atoms with Crippen molar-refractivity contribution in [2.75, 3.05) is 162 Å². The van der Waals surface area contributed by atoms with Gasteiger partial charge in [-0.2, -0.15) is 44.9 Å². The number of nitrogens with zero attached hydrogens (tertiary/aromatic N) is 15. The Morgan fingerprint density at radius 2 is 0.783 bits per heavy atom. The number of pyridine rings is 3. The zero-order valence-electron chi connectivity index (χ0n) is 67.5. The summed E-state index contributed by atoms with van der Waals surface area (Å²) in [7, 11) is 4.90. The molecule has 0 bridgehead atoms. The molecule has 6 aromatic heterocycles. The lowest BCUT2D eigenvalue weighted by Gasteiger charge is -2.28. The maximum atomic E-state index is 6.30. The van der Waals surface area contributed by atoms with Gasteiger partial charge in [0.25, 0.3) is 0 Å². The highest BCUT2D eigenvalue weighted by Gasteiger charge is 2.24. The van der Waals surface area contributed by atoms with E-state index in [-0.39, 0.29) is 0 Å². The molecule has 2 saturated carbocycles. The van der Waals surface area contributed by atoms with Crippen LogP contribution in [0.4, 0.5) is 76.3 Å². The lowest BCUT2D eigenvalue weighted by molar-refractivity contribution is 0.395. The molecule has 28 heteroatoms. The minimum absolute atomic E-state index is 0.432. The third kappa shape index (κ3) is 22.7. The molecule has 11 aromatic rings. The first-order valence-electron chi connectivity index (χ1n) is 41.8. The number of benzene rings is 5. The summed E-state index contributed by atoms with van der Waals surface area (Å²) in [5, 5.41) is 36.5. The largest absolute Gasteiger partial charge is 0.497 e. The molecular weight excluding hydrogens is 1460 g/mol. The van der Waals surface area contributed by atoms with Crippen molar-refractivity contribution in [3.8, 4) is 17.2 Å². The molecule has 3 saturated heterocycles. The number of aromatic nitrogens is 12. The molecule has 0 unspecified atom stereocenters. The lowest BCUT2D eigenvalue weighted by Crippen LogP contribution is -2.32. The van der Waals surface area contributed by atoms with Gasteiger partial charge in [0.1, 0.15) is 17.2 Å². The third-order valence-corrected chi connectivity index (χ3v) is 22.1. The topological polar surface area (TPSA) is 300 Å². The first-order valence-corrected chi connectivity index (χ1v) is 42.2. The standard InChI is InChI=1S/C32H35ClN8O3.C28H40N8.C27H38N8/c1-42-22-8-10-27-26(19-22)29(25-9-7-20(33)15-28(25)37-27)34-11-12-35-30-38-31(40-32(39-30)41-13-5-4-6-14-41)36-21-16-23(43-2)18-24(17-21)44-3;1-21-12-13-23-24(14-17-30-25(23)20-21)29-15-6-7-16-31-26-33-27(32-22-10-4-2-5-11-22)35-28(34-26)36-18-8-3-9-19-36;1-20-11-12-22-23(13-16-29-24(22)19-20)28-14-8-15-30-25-32-26(31-21-9-4-2-5-10-21)34-27(33-25)35-17-6-3-7-18-35/h7-10,15-19H,4-6,11-14H2,1-3H3,(H,34,37)(H2,35,36,38,39,40);12-14,17,20,22H,2-11,15-16,18-19H2,1H3,(H,29,30)(H2,31,32,33,34,35);11-13,16,19,21H,2-10,14-15,17-18H2,1H3,(H,28,29)(H2,30,31,32,33,34). The smallest absolute Gasteiger partial charge is 0.233 e. The van der Waals surface area contributed by atoms with Gasteiger partial charge < -0.3 is 76.8 Å². The summed E-state index contributed by atoms with van der Waals surface area (Å²) in [5.74, 6) is 8.06. The fourth-order valence-corrected chi connectivity index (χ4v) is 15.8. The molecule has 9 N–H and O–H groups in total. The van der Waals surface area contributed by atoms with Crippen LogP contribution < -0.4 is 76.8 Å². The van der Waals surface area contributed by atoms with Crippen molar-refractivity contribution in [1.82, 2.24) is 59.8 Å². The maximum Gasteiger partial charge on any atom is 0.233 e. The van der Waals surface area contributed by atoms with E-state index in [1.165, 1.54) is 126 Å². The fourth-order valence-electron chi connectivity index (χ4n) is 15.7. The van der Waals surface area contributed by atoms with Gasteiger partial charge in [-0.3, -0.25) is 9.97 Å². The average Bonchev–Trinajstić information content (AvgIpc) is 0.766. The van der Waals surface area contributed by atoms with E-state index in [1.54, 1.807) is 21.3 Å². The van der Waals surface area contributed by atoms with Crippen LogP contribution in [0, 0.1) is 13.8 Å². The van der Waals surface area contributed by atoms with Gasteiger partial charge in [0.15, 0.2) is 0 Å². The molecule has 0 radical (unpaired) electrons. The number of methoxy groups -OCH3 is 3. The Labute approximate surface area is 680 Å². The highest BCUT2D eigenvalue weighted by molar-refractivity contribution is 6.31. The fraction of sp³-hybridized carbons (Fsp3) is 0.471. The summed E-state index contributed by atoms with van der Waals surface area (Å²) in [6.45, 7) is 14.7. The van der Waals surface area contributed by atoms with Gasteiger partial charge in [0, 0.05) is 165 Å². The molecule has 2 aliphatic carbocycles. The van der Waals surface area contributed by atoms with E-state index in [0.29, 0.717) is 77.4 Å². The molecule has 5 aliphatic rings. The van der Waals surface area contributed by atoms with Crippen molar-refractivity contribution in [1.29, 1.82) is 0 Å². The molecule has 606 valence electrons. The predicted octanol–water partition coefficient (Wildman–Crippen LogP) is 17.7. The maximum absolute atomic E-state index is 6.30. The Morgan fingerprint density at radius 3 is 1.30 bits per heavy atom. The highest BCUT2D eigenvalue weighted by atomic mass is 35.5. The van der Waals surface area contributed by atoms with Crippen LogP contribution in [0.2, 0.25) is 5.02 Å². The number of piperidine rings is 3. The molecular formula is C87H113ClN24O3. The number of anilines is 13. The Kier molecular flexibility index (Phi) is 28.5. The zero-order valence-corrected chi connectivity index (χ0v) is 68.2. The number of rotatable bonds is 30. The van der Waals surface area contributed by atoms with Crippen LogP contribution in [-0.4, -0.2) is 172 Å². The first-order chi connectivity index (χ1) is 56.5. The molecule has 3 aliphatic heterocycles. The quantitative estimate of drug-likeness (QED) is 0.0149. The van der Waals surface area contributed by atoms with Gasteiger partial charge in [0.2, 0.25) is 53.5 Å². The van der Waals surface area contributed by atoms with E-state index in [9.17, 15) is 0 Å². The second-order valence-electron chi connectivity index (χ2n) is 30.6. The predicted molar refractivity (Wildman–Crippen MR) is 470 cm³/mol. The van der Waals surface area contributed by atoms with Crippen molar-refractivity contribution in [2.24, 2.45) is 0 Å². The summed E-state index contributed by atoms with van der Waals surface area (Å²) < 4.78 is 16.4. The van der Waals surface area contributed by atoms with Crippen molar-refractivity contribution in [2.45, 2.75) is 167 Å². The van der Waals surface area contributed by atoms with Gasteiger partial charge in [0.05, 0.1) is 49.1 Å². The number of fused-ring (bicyclic) bond motifs is 4. The Hall–Kier alpha value is -11.1. The molecule has 27 nitrogen and oxygen atoms in total. The summed E-state index contributed by atoms with van der Waals surface area (Å²) in [6, 6.07) is 35.0. The number of nitrogens with one attached hydrogen (secondary N) is 9. The lowest BCUT2D eigenvalue weighted by atomic mass is 9.96. The normalized spacial score (nSPS) is 15.4. The van der Waals surface area contributed by atoms with Crippen LogP contribution in [0.3, 0.4) is 0 Å². The molecule has 0 atom stereocenters. The van der Waals surface area contributed by atoms with Crippen LogP contribution in [0.25, 0.3) is 43.6 Å². The van der Waals surface area contributed by atoms with Crippen LogP contribution in [0.15, 0.2) is 116 Å². The van der Waals surface area contributed by atoms with Gasteiger partial charge in [-0.1, -0.05) is 74.4 Å². The minimum Gasteiger partial charge on any atom is -0.497 e. The Morgan fingerprint density at radius 1 is 0.348 bits per heavy atom. The van der Waals surface area contributed by atoms with Crippen molar-refractivity contribution in [3.05, 3.63) is 132 Å². The second kappa shape index (κ2) is 40.8. The Bertz CT molecular complexity index is 4950. The molecule has 16 rings (SSSR count). The molecule has 115 heavy (non-hydrogen) atoms. The zero-order chi connectivity index (χ0) is 78.9.